The third kappa shape index (κ3) is 3.67. The highest BCUT2D eigenvalue weighted by atomic mass is 35.5. The van der Waals surface area contributed by atoms with Gasteiger partial charge in [0, 0.05) is 10.9 Å². The number of hydrogen-bond donors (Lipinski definition) is 3. The van der Waals surface area contributed by atoms with Crippen LogP contribution in [0.3, 0.4) is 0 Å². The zero-order chi connectivity index (χ0) is 23.4. The number of rotatable bonds is 5. The summed E-state index contributed by atoms with van der Waals surface area (Å²) in [6.07, 6.45) is 3.82. The van der Waals surface area contributed by atoms with Crippen molar-refractivity contribution in [2.24, 2.45) is 11.8 Å². The summed E-state index contributed by atoms with van der Waals surface area (Å²) in [5.41, 5.74) is 8.00. The molecule has 3 aliphatic carbocycles. The molecule has 9 nitrogen and oxygen atoms in total. The fraction of sp³-hybridized carbons (Fsp3) is 0.542. The number of hydrogen-bond acceptors (Lipinski definition) is 8. The Morgan fingerprint density at radius 3 is 2.53 bits per heavy atom. The lowest BCUT2D eigenvalue weighted by Crippen LogP contribution is -2.45. The molecule has 34 heavy (non-hydrogen) atoms. The van der Waals surface area contributed by atoms with E-state index in [0.29, 0.717) is 28.9 Å². The molecule has 2 bridgehead atoms. The lowest BCUT2D eigenvalue weighted by atomic mass is 9.61. The van der Waals surface area contributed by atoms with Crippen molar-refractivity contribution in [2.75, 3.05) is 12.3 Å². The van der Waals surface area contributed by atoms with Gasteiger partial charge >= 0.3 is 0 Å². The number of benzene rings is 1. The molecule has 3 heterocycles. The summed E-state index contributed by atoms with van der Waals surface area (Å²) < 4.78 is 14.2. The van der Waals surface area contributed by atoms with Crippen molar-refractivity contribution in [2.45, 2.75) is 62.2 Å². The fourth-order valence-corrected chi connectivity index (χ4v) is 6.27. The number of fused-ring (bicyclic) bond motifs is 4. The van der Waals surface area contributed by atoms with Crippen LogP contribution in [0.4, 0.5) is 5.82 Å². The summed E-state index contributed by atoms with van der Waals surface area (Å²) in [5, 5.41) is 22.3. The van der Waals surface area contributed by atoms with Gasteiger partial charge in [0.15, 0.2) is 17.7 Å². The maximum Gasteiger partial charge on any atom is 0.167 e. The van der Waals surface area contributed by atoms with Crippen LogP contribution < -0.4 is 5.73 Å². The van der Waals surface area contributed by atoms with Crippen molar-refractivity contribution >= 4 is 28.6 Å². The third-order valence-electron chi connectivity index (χ3n) is 7.85. The van der Waals surface area contributed by atoms with Gasteiger partial charge in [-0.05, 0) is 55.2 Å². The summed E-state index contributed by atoms with van der Waals surface area (Å²) >= 11 is 6.12. The number of imidazole rings is 1. The fourth-order valence-electron chi connectivity index (χ4n) is 6.14. The van der Waals surface area contributed by atoms with Crippen molar-refractivity contribution in [3.8, 4) is 0 Å². The summed E-state index contributed by atoms with van der Waals surface area (Å²) in [6, 6.07) is 8.07. The van der Waals surface area contributed by atoms with Crippen molar-refractivity contribution in [3.05, 3.63) is 47.5 Å². The van der Waals surface area contributed by atoms with Gasteiger partial charge in [0.1, 0.15) is 30.2 Å². The van der Waals surface area contributed by atoms with E-state index in [0.717, 1.165) is 17.9 Å². The van der Waals surface area contributed by atoms with E-state index in [9.17, 15) is 10.2 Å². The molecule has 6 atom stereocenters. The van der Waals surface area contributed by atoms with Gasteiger partial charge in [-0.1, -0.05) is 23.7 Å². The zero-order valence-electron chi connectivity index (χ0n) is 18.6. The highest BCUT2D eigenvalue weighted by Crippen LogP contribution is 2.51. The maximum atomic E-state index is 10.8. The number of aliphatic hydroxyl groups excluding tert-OH is 2. The van der Waals surface area contributed by atoms with Crippen LogP contribution in [-0.2, 0) is 9.47 Å². The number of anilines is 1. The molecule has 4 N–H and O–H groups in total. The topological polar surface area (TPSA) is 129 Å². The molecule has 0 spiro atoms. The quantitative estimate of drug-likeness (QED) is 0.503. The number of aromatic nitrogens is 4. The zero-order valence-corrected chi connectivity index (χ0v) is 19.3. The summed E-state index contributed by atoms with van der Waals surface area (Å²) in [6.45, 7) is 0.191. The Balaban J connectivity index is 1.20. The summed E-state index contributed by atoms with van der Waals surface area (Å²) in [4.78, 5) is 12.4. The highest BCUT2D eigenvalue weighted by Gasteiger charge is 2.48. The summed E-state index contributed by atoms with van der Waals surface area (Å²) in [5.74, 6) is 1.59. The molecule has 3 saturated carbocycles. The molecule has 10 heteroatoms. The molecule has 1 aliphatic heterocycles. The molecule has 7 rings (SSSR count). The van der Waals surface area contributed by atoms with E-state index in [1.54, 1.807) is 4.57 Å². The van der Waals surface area contributed by atoms with E-state index in [4.69, 9.17) is 26.8 Å². The van der Waals surface area contributed by atoms with Crippen LogP contribution in [0.15, 0.2) is 36.9 Å². The average molecular weight is 486 g/mol. The van der Waals surface area contributed by atoms with Gasteiger partial charge in [0.25, 0.3) is 0 Å². The predicted molar refractivity (Wildman–Crippen MR) is 125 cm³/mol. The number of halogens is 1. The summed E-state index contributed by atoms with van der Waals surface area (Å²) in [7, 11) is 0. The van der Waals surface area contributed by atoms with Crippen LogP contribution >= 0.6 is 11.6 Å². The average Bonchev–Trinajstić information content (AvgIpc) is 3.41. The van der Waals surface area contributed by atoms with Gasteiger partial charge in [-0.3, -0.25) is 4.57 Å². The van der Waals surface area contributed by atoms with E-state index >= 15 is 0 Å². The Bertz CT molecular complexity index is 1170. The van der Waals surface area contributed by atoms with Crippen LogP contribution in [0.25, 0.3) is 11.2 Å². The molecule has 180 valence electrons. The van der Waals surface area contributed by atoms with Gasteiger partial charge in [-0.2, -0.15) is 0 Å². The van der Waals surface area contributed by atoms with Crippen LogP contribution in [0.2, 0.25) is 5.02 Å². The predicted octanol–water partition coefficient (Wildman–Crippen LogP) is 2.67. The number of nitrogens with two attached hydrogens (primary N) is 1. The third-order valence-corrected chi connectivity index (χ3v) is 8.10. The molecular weight excluding hydrogens is 458 g/mol. The Kier molecular flexibility index (Phi) is 5.69. The Hall–Kier alpha value is -2.30. The van der Waals surface area contributed by atoms with Gasteiger partial charge < -0.3 is 25.4 Å². The first-order valence-corrected chi connectivity index (χ1v) is 12.2. The number of nitrogens with zero attached hydrogens (tertiary/aromatic N) is 4. The van der Waals surface area contributed by atoms with Crippen molar-refractivity contribution in [1.29, 1.82) is 0 Å². The van der Waals surface area contributed by atoms with E-state index in [-0.39, 0.29) is 18.5 Å². The second-order valence-electron chi connectivity index (χ2n) is 9.68. The molecule has 0 radical (unpaired) electrons. The van der Waals surface area contributed by atoms with Gasteiger partial charge in [-0.15, -0.1) is 0 Å². The van der Waals surface area contributed by atoms with E-state index in [2.05, 4.69) is 27.1 Å². The number of ether oxygens (including phenoxy) is 2. The smallest absolute Gasteiger partial charge is 0.167 e. The van der Waals surface area contributed by atoms with Crippen LogP contribution in [0.1, 0.15) is 43.4 Å². The van der Waals surface area contributed by atoms with Crippen LogP contribution in [-0.4, -0.2) is 60.8 Å². The minimum Gasteiger partial charge on any atom is -0.387 e. The normalized spacial score (nSPS) is 35.3. The molecule has 4 aliphatic rings. The molecule has 3 aromatic rings. The van der Waals surface area contributed by atoms with Crippen molar-refractivity contribution < 1.29 is 19.7 Å². The lowest BCUT2D eigenvalue weighted by molar-refractivity contribution is -0.122. The van der Waals surface area contributed by atoms with E-state index in [1.807, 2.05) is 12.1 Å². The number of aliphatic hydroxyl groups is 2. The minimum absolute atomic E-state index is 0.0438. The molecular formula is C24H28ClN5O4. The minimum atomic E-state index is -1.16. The second kappa shape index (κ2) is 8.73. The standard InChI is InChI=1S/C24H28ClN5O4/c25-15-7-5-13(6-8-15)17-12-1-3-14(4-2-12)21(17)33-9-16-19(31)20(32)24(34-16)30-11-29-18-22(26)27-10-28-23(18)30/h5-8,10-12,14,16-17,19-21,24,31-32H,1-4,9H2,(H2,26,27,28)/t12?,14?,16-,17?,19-,20-,21?,24-/m1/s1. The Morgan fingerprint density at radius 1 is 1.03 bits per heavy atom. The van der Waals surface area contributed by atoms with E-state index < -0.39 is 24.5 Å². The SMILES string of the molecule is Nc1ncnc2c1ncn2[C@@H]1O[C@H](COC2C3CCC(CC3)C2c2ccc(Cl)cc2)[C@@H](O)[C@H]1O. The van der Waals surface area contributed by atoms with Crippen molar-refractivity contribution in [1.82, 2.24) is 19.5 Å². The van der Waals surface area contributed by atoms with Crippen LogP contribution in [0.5, 0.6) is 0 Å². The largest absolute Gasteiger partial charge is 0.387 e. The maximum absolute atomic E-state index is 10.8. The van der Waals surface area contributed by atoms with Gasteiger partial charge in [-0.25, -0.2) is 15.0 Å². The first-order valence-electron chi connectivity index (χ1n) is 11.8. The van der Waals surface area contributed by atoms with Crippen molar-refractivity contribution in [3.63, 3.8) is 0 Å². The Morgan fingerprint density at radius 2 is 1.76 bits per heavy atom. The van der Waals surface area contributed by atoms with Crippen LogP contribution in [0, 0.1) is 11.8 Å². The highest BCUT2D eigenvalue weighted by molar-refractivity contribution is 6.30. The first kappa shape index (κ1) is 22.2. The molecule has 2 unspecified atom stereocenters. The Labute approximate surface area is 201 Å². The molecule has 0 amide bonds. The second-order valence-corrected chi connectivity index (χ2v) is 10.1. The monoisotopic (exact) mass is 485 g/mol. The van der Waals surface area contributed by atoms with Gasteiger partial charge in [0.05, 0.1) is 19.0 Å². The van der Waals surface area contributed by atoms with E-state index in [1.165, 1.54) is 31.1 Å². The lowest BCUT2D eigenvalue weighted by Gasteiger charge is -2.48. The molecule has 4 fully saturated rings. The first-order chi connectivity index (χ1) is 16.5. The molecule has 1 aromatic carbocycles. The number of nitrogen functional groups attached to an aromatic ring is 1. The van der Waals surface area contributed by atoms with Gasteiger partial charge in [0.2, 0.25) is 0 Å². The molecule has 2 aromatic heterocycles. The molecule has 1 saturated heterocycles.